The quantitative estimate of drug-likeness (QED) is 0.150. The third kappa shape index (κ3) is 12.6. The highest BCUT2D eigenvalue weighted by atomic mass is 127. The first kappa shape index (κ1) is 32.4. The number of pyridine rings is 1. The number of halogens is 1. The minimum absolute atomic E-state index is 0. The molecule has 202 valence electrons. The van der Waals surface area contributed by atoms with Gasteiger partial charge in [-0.3, -0.25) is 4.79 Å². The van der Waals surface area contributed by atoms with Crippen LogP contribution in [0.1, 0.15) is 125 Å². The van der Waals surface area contributed by atoms with E-state index in [0.29, 0.717) is 5.56 Å². The van der Waals surface area contributed by atoms with Crippen molar-refractivity contribution >= 4 is 5.91 Å². The van der Waals surface area contributed by atoms with Crippen LogP contribution in [0.3, 0.4) is 0 Å². The monoisotopic (exact) mass is 608 g/mol. The number of aromatic nitrogens is 1. The lowest BCUT2D eigenvalue weighted by Gasteiger charge is -2.20. The van der Waals surface area contributed by atoms with Crippen LogP contribution in [0.25, 0.3) is 0 Å². The highest BCUT2D eigenvalue weighted by Gasteiger charge is 2.17. The third-order valence-corrected chi connectivity index (χ3v) is 6.84. The average molecular weight is 609 g/mol. The fourth-order valence-corrected chi connectivity index (χ4v) is 4.56. The van der Waals surface area contributed by atoms with E-state index in [2.05, 4.69) is 38.2 Å². The van der Waals surface area contributed by atoms with Crippen LogP contribution in [0.15, 0.2) is 42.7 Å². The summed E-state index contributed by atoms with van der Waals surface area (Å²) < 4.78 is 7.94. The molecule has 0 aliphatic rings. The minimum atomic E-state index is -0.0378. The second-order valence-electron chi connectivity index (χ2n) is 9.94. The number of benzene rings is 1. The van der Waals surface area contributed by atoms with Gasteiger partial charge >= 0.3 is 0 Å². The summed E-state index contributed by atoms with van der Waals surface area (Å²) in [7, 11) is 1.95. The zero-order valence-electron chi connectivity index (χ0n) is 23.2. The molecule has 0 radical (unpaired) electrons. The van der Waals surface area contributed by atoms with Gasteiger partial charge in [0.1, 0.15) is 12.8 Å². The number of rotatable bonds is 18. The highest BCUT2D eigenvalue weighted by molar-refractivity contribution is 5.94. The van der Waals surface area contributed by atoms with Crippen LogP contribution in [-0.2, 0) is 7.05 Å². The fraction of sp³-hybridized carbons (Fsp3) is 0.613. The van der Waals surface area contributed by atoms with Gasteiger partial charge in [-0.05, 0) is 43.0 Å². The number of carbonyl (C=O) groups is 1. The molecule has 1 heterocycles. The molecular weight excluding hydrogens is 559 g/mol. The van der Waals surface area contributed by atoms with Gasteiger partial charge in [-0.25, -0.2) is 4.57 Å². The van der Waals surface area contributed by atoms with Gasteiger partial charge in [0, 0.05) is 12.1 Å². The SMILES string of the molecule is CCCCCCCCCCCCCCOc1ccc(C(CC)NC(=O)c2cc[n+](C)cc2)c(C)c1.[I-]. The van der Waals surface area contributed by atoms with Crippen molar-refractivity contribution in [1.82, 2.24) is 5.32 Å². The Bertz CT molecular complexity index is 854. The van der Waals surface area contributed by atoms with E-state index in [1.807, 2.05) is 42.2 Å². The van der Waals surface area contributed by atoms with Gasteiger partial charge in [0.25, 0.3) is 5.91 Å². The van der Waals surface area contributed by atoms with Gasteiger partial charge in [0.05, 0.1) is 18.2 Å². The van der Waals surface area contributed by atoms with Crippen molar-refractivity contribution in [2.75, 3.05) is 6.61 Å². The maximum atomic E-state index is 12.7. The number of amides is 1. The topological polar surface area (TPSA) is 42.2 Å². The van der Waals surface area contributed by atoms with Crippen LogP contribution in [0.5, 0.6) is 5.75 Å². The van der Waals surface area contributed by atoms with Crippen LogP contribution in [0.4, 0.5) is 0 Å². The van der Waals surface area contributed by atoms with Gasteiger partial charge in [-0.15, -0.1) is 0 Å². The Balaban J connectivity index is 0.00000648. The van der Waals surface area contributed by atoms with Gasteiger partial charge in [0.15, 0.2) is 12.4 Å². The second kappa shape index (κ2) is 19.5. The molecule has 36 heavy (non-hydrogen) atoms. The summed E-state index contributed by atoms with van der Waals surface area (Å²) in [6, 6.07) is 9.93. The maximum Gasteiger partial charge on any atom is 0.252 e. The Labute approximate surface area is 237 Å². The minimum Gasteiger partial charge on any atom is -1.00 e. The maximum absolute atomic E-state index is 12.7. The Morgan fingerprint density at radius 2 is 1.42 bits per heavy atom. The van der Waals surface area contributed by atoms with Crippen LogP contribution in [-0.4, -0.2) is 12.5 Å². The summed E-state index contributed by atoms with van der Waals surface area (Å²) in [6.45, 7) is 7.26. The Kier molecular flexibility index (Phi) is 17.5. The van der Waals surface area contributed by atoms with E-state index in [9.17, 15) is 4.79 Å². The molecular formula is C31H49IN2O2. The van der Waals surface area contributed by atoms with Gasteiger partial charge in [-0.2, -0.15) is 0 Å². The molecule has 4 nitrogen and oxygen atoms in total. The molecule has 1 N–H and O–H groups in total. The lowest BCUT2D eigenvalue weighted by Crippen LogP contribution is -3.00. The van der Waals surface area contributed by atoms with Crippen molar-refractivity contribution in [3.8, 4) is 5.75 Å². The summed E-state index contributed by atoms with van der Waals surface area (Å²) >= 11 is 0. The molecule has 0 saturated heterocycles. The molecule has 0 bridgehead atoms. The zero-order valence-corrected chi connectivity index (χ0v) is 25.3. The van der Waals surface area contributed by atoms with E-state index in [0.717, 1.165) is 36.3 Å². The summed E-state index contributed by atoms with van der Waals surface area (Å²) in [4.78, 5) is 12.7. The Hall–Kier alpha value is -1.63. The predicted molar refractivity (Wildman–Crippen MR) is 146 cm³/mol. The molecule has 1 aromatic heterocycles. The standard InChI is InChI=1S/C31H48N2O2.HI/c1-5-7-8-9-10-11-12-13-14-15-16-17-24-35-28-18-19-29(26(3)25-28)30(6-2)32-31(34)27-20-22-33(4)23-21-27;/h18-23,25,30H,5-17,24H2,1-4H3;1H. The van der Waals surface area contributed by atoms with Gasteiger partial charge in [-0.1, -0.05) is 90.5 Å². The molecule has 1 unspecified atom stereocenters. The normalized spacial score (nSPS) is 11.6. The van der Waals surface area contributed by atoms with Crippen molar-refractivity contribution < 1.29 is 38.1 Å². The van der Waals surface area contributed by atoms with Crippen molar-refractivity contribution in [3.05, 3.63) is 59.4 Å². The molecule has 2 rings (SSSR count). The van der Waals surface area contributed by atoms with Crippen LogP contribution < -0.4 is 38.6 Å². The Morgan fingerprint density at radius 1 is 0.861 bits per heavy atom. The van der Waals surface area contributed by atoms with Crippen molar-refractivity contribution in [1.29, 1.82) is 0 Å². The van der Waals surface area contributed by atoms with Crippen molar-refractivity contribution in [2.24, 2.45) is 7.05 Å². The average Bonchev–Trinajstić information content (AvgIpc) is 2.86. The second-order valence-corrected chi connectivity index (χ2v) is 9.94. The molecule has 1 aromatic carbocycles. The summed E-state index contributed by atoms with van der Waals surface area (Å²) in [6.07, 6.45) is 20.8. The summed E-state index contributed by atoms with van der Waals surface area (Å²) in [5, 5.41) is 3.19. The van der Waals surface area contributed by atoms with Crippen LogP contribution in [0, 0.1) is 6.92 Å². The van der Waals surface area contributed by atoms with Crippen LogP contribution in [0.2, 0.25) is 0 Å². The van der Waals surface area contributed by atoms with E-state index in [1.165, 1.54) is 70.6 Å². The number of carbonyl (C=O) groups excluding carboxylic acids is 1. The lowest BCUT2D eigenvalue weighted by atomic mass is 9.98. The molecule has 5 heteroatoms. The Morgan fingerprint density at radius 3 is 1.94 bits per heavy atom. The van der Waals surface area contributed by atoms with Crippen molar-refractivity contribution in [3.63, 3.8) is 0 Å². The van der Waals surface area contributed by atoms with E-state index < -0.39 is 0 Å². The first-order chi connectivity index (χ1) is 17.0. The number of hydrogen-bond acceptors (Lipinski definition) is 2. The number of ether oxygens (including phenoxy) is 1. The predicted octanol–water partition coefficient (Wildman–Crippen LogP) is 4.78. The zero-order chi connectivity index (χ0) is 25.3. The first-order valence-corrected chi connectivity index (χ1v) is 14.0. The lowest BCUT2D eigenvalue weighted by molar-refractivity contribution is -0.671. The number of unbranched alkanes of at least 4 members (excludes halogenated alkanes) is 11. The summed E-state index contributed by atoms with van der Waals surface area (Å²) in [5.41, 5.74) is 2.99. The van der Waals surface area contributed by atoms with E-state index in [1.54, 1.807) is 0 Å². The third-order valence-electron chi connectivity index (χ3n) is 6.84. The van der Waals surface area contributed by atoms with E-state index in [-0.39, 0.29) is 35.9 Å². The van der Waals surface area contributed by atoms with Crippen LogP contribution >= 0.6 is 0 Å². The molecule has 0 aliphatic carbocycles. The smallest absolute Gasteiger partial charge is 0.252 e. The first-order valence-electron chi connectivity index (χ1n) is 14.0. The summed E-state index contributed by atoms with van der Waals surface area (Å²) in [5.74, 6) is 0.884. The molecule has 0 aliphatic heterocycles. The molecule has 1 atom stereocenters. The van der Waals surface area contributed by atoms with E-state index in [4.69, 9.17) is 4.74 Å². The van der Waals surface area contributed by atoms with Gasteiger partial charge in [0.2, 0.25) is 0 Å². The molecule has 0 fully saturated rings. The molecule has 2 aromatic rings. The molecule has 0 spiro atoms. The number of aryl methyl sites for hydroxylation is 2. The van der Waals surface area contributed by atoms with Gasteiger partial charge < -0.3 is 34.0 Å². The number of hydrogen-bond donors (Lipinski definition) is 1. The molecule has 1 amide bonds. The van der Waals surface area contributed by atoms with E-state index >= 15 is 0 Å². The highest BCUT2D eigenvalue weighted by Crippen LogP contribution is 2.25. The largest absolute Gasteiger partial charge is 1.00 e. The fourth-order valence-electron chi connectivity index (χ4n) is 4.56. The number of nitrogens with one attached hydrogen (secondary N) is 1. The number of nitrogens with zero attached hydrogens (tertiary/aromatic N) is 1. The molecule has 0 saturated carbocycles. The van der Waals surface area contributed by atoms with Crippen molar-refractivity contribution in [2.45, 2.75) is 110 Å².